The average Bonchev–Trinajstić information content (AvgIpc) is 3.43. The molecule has 0 N–H and O–H groups in total. The number of ether oxygens (including phenoxy) is 1. The fourth-order valence-corrected chi connectivity index (χ4v) is 5.59. The molecule has 2 fully saturated rings. The van der Waals surface area contributed by atoms with Gasteiger partial charge in [0.2, 0.25) is 5.91 Å². The van der Waals surface area contributed by atoms with Gasteiger partial charge in [0.1, 0.15) is 11.6 Å². The zero-order valence-corrected chi connectivity index (χ0v) is 17.5. The summed E-state index contributed by atoms with van der Waals surface area (Å²) in [5.74, 6) is 0.0442. The molecular weight excluding hydrogens is 386 g/mol. The first-order valence-electron chi connectivity index (χ1n) is 10.3. The highest BCUT2D eigenvalue weighted by Gasteiger charge is 2.45. The number of hydrogen-bond donors (Lipinski definition) is 0. The van der Waals surface area contributed by atoms with Crippen LogP contribution < -0.4 is 4.90 Å². The van der Waals surface area contributed by atoms with Gasteiger partial charge in [-0.15, -0.1) is 0 Å². The molecule has 7 heteroatoms. The molecule has 2 aromatic rings. The molecule has 0 aliphatic carbocycles. The first-order valence-corrected chi connectivity index (χ1v) is 11.0. The van der Waals surface area contributed by atoms with Gasteiger partial charge in [0.25, 0.3) is 0 Å². The summed E-state index contributed by atoms with van der Waals surface area (Å²) in [5, 5.41) is 0.976. The Morgan fingerprint density at radius 2 is 2.03 bits per heavy atom. The number of carbonyl (C=O) groups is 2. The first kappa shape index (κ1) is 18.8. The second kappa shape index (κ2) is 7.22. The smallest absolute Gasteiger partial charge is 0.338 e. The second-order valence-corrected chi connectivity index (χ2v) is 9.36. The largest absolute Gasteiger partial charge is 0.457 e. The third kappa shape index (κ3) is 3.36. The number of fused-ring (bicyclic) bond motifs is 1. The zero-order valence-electron chi connectivity index (χ0n) is 16.6. The van der Waals surface area contributed by atoms with Gasteiger partial charge in [0.05, 0.1) is 5.56 Å². The van der Waals surface area contributed by atoms with E-state index in [4.69, 9.17) is 4.74 Å². The lowest BCUT2D eigenvalue weighted by Crippen LogP contribution is -2.42. The van der Waals surface area contributed by atoms with Gasteiger partial charge in [-0.2, -0.15) is 4.37 Å². The van der Waals surface area contributed by atoms with E-state index in [9.17, 15) is 9.59 Å². The van der Waals surface area contributed by atoms with E-state index in [1.165, 1.54) is 22.7 Å². The molecule has 29 heavy (non-hydrogen) atoms. The Morgan fingerprint density at radius 1 is 1.21 bits per heavy atom. The number of rotatable bonds is 4. The molecule has 1 amide bonds. The summed E-state index contributed by atoms with van der Waals surface area (Å²) in [6, 6.07) is 5.93. The third-order valence-electron chi connectivity index (χ3n) is 6.90. The van der Waals surface area contributed by atoms with Crippen LogP contribution >= 0.6 is 11.5 Å². The van der Waals surface area contributed by atoms with E-state index in [2.05, 4.69) is 22.3 Å². The number of aromatic nitrogens is 1. The third-order valence-corrected chi connectivity index (χ3v) is 7.67. The highest BCUT2D eigenvalue weighted by molar-refractivity contribution is 7.10. The molecule has 1 spiro atoms. The fraction of sp³-hybridized carbons (Fsp3) is 0.500. The van der Waals surface area contributed by atoms with Gasteiger partial charge in [0, 0.05) is 31.3 Å². The van der Waals surface area contributed by atoms with Crippen LogP contribution in [0.15, 0.2) is 24.4 Å². The maximum absolute atomic E-state index is 12.5. The average molecular weight is 412 g/mol. The van der Waals surface area contributed by atoms with Crippen LogP contribution in [-0.4, -0.2) is 47.3 Å². The Morgan fingerprint density at radius 3 is 2.79 bits per heavy atom. The highest BCUT2D eigenvalue weighted by atomic mass is 32.1. The van der Waals surface area contributed by atoms with Gasteiger partial charge in [-0.05, 0) is 79.5 Å². The van der Waals surface area contributed by atoms with Gasteiger partial charge >= 0.3 is 5.97 Å². The maximum Gasteiger partial charge on any atom is 0.338 e. The van der Waals surface area contributed by atoms with Gasteiger partial charge in [-0.1, -0.05) is 6.07 Å². The van der Waals surface area contributed by atoms with Crippen LogP contribution in [0, 0.1) is 12.3 Å². The van der Waals surface area contributed by atoms with Crippen molar-refractivity contribution in [2.24, 2.45) is 5.41 Å². The number of hydrogen-bond acceptors (Lipinski definition) is 6. The number of likely N-dealkylation sites (tertiary alicyclic amines) is 1. The Labute approximate surface area is 174 Å². The summed E-state index contributed by atoms with van der Waals surface area (Å²) in [7, 11) is 0. The summed E-state index contributed by atoms with van der Waals surface area (Å²) in [6.07, 6.45) is 5.55. The number of piperidine rings is 1. The molecule has 0 saturated carbocycles. The number of cyclic esters (lactones) is 1. The van der Waals surface area contributed by atoms with Crippen LogP contribution in [0.2, 0.25) is 0 Å². The quantitative estimate of drug-likeness (QED) is 0.723. The standard InChI is InChI=1S/C22H25N3O3S/c1-15-16(2-3-17-18(15)13-28-21(17)27)5-9-24-10-6-22(7-11-24)12-19(26)25(14-22)20-4-8-23-29-20/h2-4,8H,5-7,9-14H2,1H3. The molecule has 2 saturated heterocycles. The molecule has 0 radical (unpaired) electrons. The predicted octanol–water partition coefficient (Wildman–Crippen LogP) is 3.18. The fourth-order valence-electron chi connectivity index (χ4n) is 4.98. The lowest BCUT2D eigenvalue weighted by Gasteiger charge is -2.38. The summed E-state index contributed by atoms with van der Waals surface area (Å²) in [5.41, 5.74) is 4.40. The molecule has 0 unspecified atom stereocenters. The number of nitrogens with zero attached hydrogens (tertiary/aromatic N) is 3. The van der Waals surface area contributed by atoms with E-state index in [1.807, 2.05) is 17.0 Å². The van der Waals surface area contributed by atoms with E-state index in [1.54, 1.807) is 6.20 Å². The van der Waals surface area contributed by atoms with E-state index >= 15 is 0 Å². The van der Waals surface area contributed by atoms with E-state index < -0.39 is 0 Å². The molecule has 0 atom stereocenters. The SMILES string of the molecule is Cc1c(CCN2CCC3(CC2)CC(=O)N(c2ccns2)C3)ccc2c1COC2=O. The van der Waals surface area contributed by atoms with Gasteiger partial charge in [-0.3, -0.25) is 4.79 Å². The predicted molar refractivity (Wildman–Crippen MR) is 111 cm³/mol. The topological polar surface area (TPSA) is 62.7 Å². The Hall–Kier alpha value is -2.25. The van der Waals surface area contributed by atoms with Crippen LogP contribution in [0.4, 0.5) is 5.00 Å². The number of anilines is 1. The lowest BCUT2D eigenvalue weighted by molar-refractivity contribution is -0.118. The highest BCUT2D eigenvalue weighted by Crippen LogP contribution is 2.43. The minimum Gasteiger partial charge on any atom is -0.457 e. The molecule has 4 heterocycles. The van der Waals surface area contributed by atoms with Crippen molar-refractivity contribution in [2.75, 3.05) is 31.1 Å². The van der Waals surface area contributed by atoms with Crippen molar-refractivity contribution in [1.29, 1.82) is 0 Å². The summed E-state index contributed by atoms with van der Waals surface area (Å²) in [4.78, 5) is 28.7. The summed E-state index contributed by atoms with van der Waals surface area (Å²) < 4.78 is 9.31. The van der Waals surface area contributed by atoms with Crippen molar-refractivity contribution < 1.29 is 14.3 Å². The van der Waals surface area contributed by atoms with Crippen LogP contribution in [0.5, 0.6) is 0 Å². The minimum atomic E-state index is -0.200. The first-order chi connectivity index (χ1) is 14.0. The molecular formula is C22H25N3O3S. The van der Waals surface area contributed by atoms with Gasteiger partial charge in [-0.25, -0.2) is 4.79 Å². The molecule has 3 aliphatic rings. The molecule has 1 aromatic carbocycles. The number of carbonyl (C=O) groups excluding carboxylic acids is 2. The minimum absolute atomic E-state index is 0.124. The number of amides is 1. The number of benzene rings is 1. The zero-order chi connectivity index (χ0) is 20.0. The van der Waals surface area contributed by atoms with Crippen LogP contribution in [0.25, 0.3) is 0 Å². The van der Waals surface area contributed by atoms with Crippen molar-refractivity contribution in [3.05, 3.63) is 46.6 Å². The Kier molecular flexibility index (Phi) is 4.67. The molecule has 152 valence electrons. The second-order valence-electron chi connectivity index (χ2n) is 8.55. The van der Waals surface area contributed by atoms with Crippen molar-refractivity contribution in [2.45, 2.75) is 39.2 Å². The summed E-state index contributed by atoms with van der Waals surface area (Å²) >= 11 is 1.40. The Bertz CT molecular complexity index is 948. The lowest BCUT2D eigenvalue weighted by atomic mass is 9.77. The Balaban J connectivity index is 1.18. The van der Waals surface area contributed by atoms with Crippen molar-refractivity contribution in [3.8, 4) is 0 Å². The maximum atomic E-state index is 12.5. The molecule has 6 nitrogen and oxygen atoms in total. The molecule has 0 bridgehead atoms. The molecule has 5 rings (SSSR count). The van der Waals surface area contributed by atoms with Crippen molar-refractivity contribution in [1.82, 2.24) is 9.27 Å². The van der Waals surface area contributed by atoms with Crippen molar-refractivity contribution in [3.63, 3.8) is 0 Å². The molecule has 3 aliphatic heterocycles. The normalized spacial score (nSPS) is 21.1. The number of esters is 1. The van der Waals surface area contributed by atoms with E-state index in [0.29, 0.717) is 13.0 Å². The van der Waals surface area contributed by atoms with E-state index in [0.717, 1.165) is 61.6 Å². The monoisotopic (exact) mass is 411 g/mol. The summed E-state index contributed by atoms with van der Waals surface area (Å²) in [6.45, 7) is 6.42. The van der Waals surface area contributed by atoms with Crippen molar-refractivity contribution >= 4 is 28.4 Å². The van der Waals surface area contributed by atoms with Gasteiger partial charge in [0.15, 0.2) is 0 Å². The van der Waals surface area contributed by atoms with E-state index in [-0.39, 0.29) is 17.3 Å². The molecule has 1 aromatic heterocycles. The van der Waals surface area contributed by atoms with Gasteiger partial charge < -0.3 is 14.5 Å². The van der Waals surface area contributed by atoms with Crippen LogP contribution in [-0.2, 0) is 22.6 Å². The van der Waals surface area contributed by atoms with Crippen LogP contribution in [0.3, 0.4) is 0 Å². The van der Waals surface area contributed by atoms with Crippen LogP contribution in [0.1, 0.15) is 46.3 Å².